The Kier molecular flexibility index (Phi) is 8.11. The Morgan fingerprint density at radius 2 is 1.78 bits per heavy atom. The summed E-state index contributed by atoms with van der Waals surface area (Å²) in [6.07, 6.45) is -1.55. The topological polar surface area (TPSA) is 97.0 Å². The Morgan fingerprint density at radius 1 is 1.08 bits per heavy atom. The number of hydrogen-bond acceptors (Lipinski definition) is 5. The maximum absolute atomic E-state index is 14.3. The largest absolute Gasteiger partial charge is 0.497 e. The van der Waals surface area contributed by atoms with Gasteiger partial charge in [-0.05, 0) is 62.6 Å². The molecule has 194 valence electrons. The van der Waals surface area contributed by atoms with Crippen LogP contribution in [0.2, 0.25) is 0 Å². The van der Waals surface area contributed by atoms with Gasteiger partial charge in [-0.2, -0.15) is 0 Å². The molecule has 36 heavy (non-hydrogen) atoms. The summed E-state index contributed by atoms with van der Waals surface area (Å²) in [4.78, 5) is 39.3. The smallest absolute Gasteiger partial charge is 0.407 e. The predicted molar refractivity (Wildman–Crippen MR) is 125 cm³/mol. The van der Waals surface area contributed by atoms with Crippen molar-refractivity contribution in [1.82, 2.24) is 10.2 Å². The molecule has 0 bridgehead atoms. The molecule has 3 rings (SSSR count). The molecule has 0 radical (unpaired) electrons. The van der Waals surface area contributed by atoms with Gasteiger partial charge in [-0.25, -0.2) is 18.0 Å². The minimum Gasteiger partial charge on any atom is -0.497 e. The molecule has 1 heterocycles. The maximum atomic E-state index is 14.3. The van der Waals surface area contributed by atoms with Crippen LogP contribution >= 0.6 is 0 Å². The Hall–Kier alpha value is -3.76. The van der Waals surface area contributed by atoms with Crippen LogP contribution in [-0.4, -0.2) is 48.1 Å². The highest BCUT2D eigenvalue weighted by Gasteiger charge is 2.28. The summed E-state index contributed by atoms with van der Waals surface area (Å²) >= 11 is 0. The Labute approximate surface area is 206 Å². The third-order valence-corrected chi connectivity index (χ3v) is 5.33. The third kappa shape index (κ3) is 7.12. The van der Waals surface area contributed by atoms with Crippen LogP contribution in [0.15, 0.2) is 30.3 Å². The average molecular weight is 508 g/mol. The molecule has 2 aromatic carbocycles. The zero-order valence-corrected chi connectivity index (χ0v) is 20.4. The van der Waals surface area contributed by atoms with Crippen molar-refractivity contribution in [1.29, 1.82) is 0 Å². The van der Waals surface area contributed by atoms with Crippen molar-refractivity contribution in [3.8, 4) is 5.75 Å². The molecule has 0 saturated heterocycles. The lowest BCUT2D eigenvalue weighted by Crippen LogP contribution is -2.44. The van der Waals surface area contributed by atoms with Gasteiger partial charge in [0, 0.05) is 30.8 Å². The monoisotopic (exact) mass is 507 g/mol. The highest BCUT2D eigenvalue weighted by Crippen LogP contribution is 2.26. The predicted octanol–water partition coefficient (Wildman–Crippen LogP) is 3.92. The third-order valence-electron chi connectivity index (χ3n) is 5.33. The second-order valence-corrected chi connectivity index (χ2v) is 9.43. The molecule has 11 heteroatoms. The van der Waals surface area contributed by atoms with E-state index < -0.39 is 47.0 Å². The van der Waals surface area contributed by atoms with Gasteiger partial charge < -0.3 is 25.0 Å². The zero-order valence-electron chi connectivity index (χ0n) is 20.4. The number of anilines is 1. The molecule has 1 aliphatic heterocycles. The lowest BCUT2D eigenvalue weighted by atomic mass is 10.0. The summed E-state index contributed by atoms with van der Waals surface area (Å²) in [7, 11) is 1.49. The van der Waals surface area contributed by atoms with Gasteiger partial charge >= 0.3 is 6.09 Å². The summed E-state index contributed by atoms with van der Waals surface area (Å²) in [5, 5.41) is 5.23. The van der Waals surface area contributed by atoms with E-state index in [1.165, 1.54) is 12.0 Å². The number of fused-ring (bicyclic) bond motifs is 1. The summed E-state index contributed by atoms with van der Waals surface area (Å²) in [5.41, 5.74) is 0.0871. The summed E-state index contributed by atoms with van der Waals surface area (Å²) in [5.74, 6) is -4.04. The van der Waals surface area contributed by atoms with Gasteiger partial charge in [-0.3, -0.25) is 9.59 Å². The quantitative estimate of drug-likeness (QED) is 0.578. The standard InChI is InChI=1S/C25H28F3N3O5/c1-25(2,3)36-24(34)29-16(7-14-9-19(27)20(28)11-18(14)26)10-23(33)31-12-15-8-17(35-4)5-6-21(15)30-22(32)13-31/h5-6,8-9,11,16H,7,10,12-13H2,1-4H3,(H,29,34)(H,30,32)/t16-/m1/s1. The lowest BCUT2D eigenvalue weighted by Gasteiger charge is -2.26. The first kappa shape index (κ1) is 26.8. The van der Waals surface area contributed by atoms with Gasteiger partial charge in [0.05, 0.1) is 7.11 Å². The second kappa shape index (κ2) is 10.9. The molecule has 0 aromatic heterocycles. The highest BCUT2D eigenvalue weighted by molar-refractivity contribution is 5.96. The SMILES string of the molecule is COc1ccc2c(c1)CN(C(=O)C[C@@H](Cc1cc(F)c(F)cc1F)NC(=O)OC(C)(C)C)CC(=O)N2. The molecule has 2 aromatic rings. The number of nitrogens with one attached hydrogen (secondary N) is 2. The van der Waals surface area contributed by atoms with Crippen molar-refractivity contribution >= 4 is 23.6 Å². The van der Waals surface area contributed by atoms with Gasteiger partial charge in [0.15, 0.2) is 11.6 Å². The van der Waals surface area contributed by atoms with Crippen molar-refractivity contribution in [3.05, 3.63) is 58.9 Å². The van der Waals surface area contributed by atoms with Crippen LogP contribution in [0.1, 0.15) is 38.3 Å². The number of carbonyl (C=O) groups excluding carboxylic acids is 3. The number of rotatable bonds is 6. The number of carbonyl (C=O) groups is 3. The fourth-order valence-corrected chi connectivity index (χ4v) is 3.72. The number of hydrogen-bond donors (Lipinski definition) is 2. The molecule has 0 saturated carbocycles. The molecule has 2 N–H and O–H groups in total. The second-order valence-electron chi connectivity index (χ2n) is 9.43. The zero-order chi connectivity index (χ0) is 26.6. The van der Waals surface area contributed by atoms with Gasteiger partial charge in [0.1, 0.15) is 23.7 Å². The number of halogens is 3. The molecule has 1 atom stereocenters. The molecule has 0 unspecified atom stereocenters. The van der Waals surface area contributed by atoms with E-state index in [0.717, 1.165) is 0 Å². The minimum atomic E-state index is -1.35. The van der Waals surface area contributed by atoms with E-state index in [1.54, 1.807) is 39.0 Å². The number of benzene rings is 2. The van der Waals surface area contributed by atoms with E-state index in [1.807, 2.05) is 0 Å². The molecule has 3 amide bonds. The van der Waals surface area contributed by atoms with Crippen molar-refractivity contribution in [2.24, 2.45) is 0 Å². The van der Waals surface area contributed by atoms with Gasteiger partial charge in [0.25, 0.3) is 0 Å². The van der Waals surface area contributed by atoms with E-state index in [4.69, 9.17) is 9.47 Å². The van der Waals surface area contributed by atoms with Crippen LogP contribution in [-0.2, 0) is 27.3 Å². The fourth-order valence-electron chi connectivity index (χ4n) is 3.72. The molecule has 1 aliphatic rings. The first-order valence-corrected chi connectivity index (χ1v) is 11.2. The molecule has 8 nitrogen and oxygen atoms in total. The van der Waals surface area contributed by atoms with E-state index in [-0.39, 0.29) is 31.5 Å². The van der Waals surface area contributed by atoms with E-state index >= 15 is 0 Å². The molecular formula is C25H28F3N3O5. The van der Waals surface area contributed by atoms with Crippen molar-refractivity contribution in [3.63, 3.8) is 0 Å². The van der Waals surface area contributed by atoms with Crippen LogP contribution < -0.4 is 15.4 Å². The minimum absolute atomic E-state index is 0.0722. The van der Waals surface area contributed by atoms with E-state index in [2.05, 4.69) is 10.6 Å². The number of amides is 3. The highest BCUT2D eigenvalue weighted by atomic mass is 19.2. The maximum Gasteiger partial charge on any atom is 0.407 e. The first-order chi connectivity index (χ1) is 16.8. The molecule has 0 fully saturated rings. The van der Waals surface area contributed by atoms with Crippen LogP contribution in [0.5, 0.6) is 5.75 Å². The van der Waals surface area contributed by atoms with Crippen molar-refractivity contribution < 1.29 is 37.0 Å². The fraction of sp³-hybridized carbons (Fsp3) is 0.400. The molecule has 0 aliphatic carbocycles. The van der Waals surface area contributed by atoms with Crippen LogP contribution in [0.25, 0.3) is 0 Å². The molecular weight excluding hydrogens is 479 g/mol. The summed E-state index contributed by atoms with van der Waals surface area (Å²) in [6, 6.07) is 5.07. The van der Waals surface area contributed by atoms with E-state index in [9.17, 15) is 27.6 Å². The normalized spacial score (nSPS) is 14.3. The van der Waals surface area contributed by atoms with Crippen molar-refractivity contribution in [2.75, 3.05) is 19.0 Å². The first-order valence-electron chi connectivity index (χ1n) is 11.2. The van der Waals surface area contributed by atoms with Crippen molar-refractivity contribution in [2.45, 2.75) is 51.8 Å². The summed E-state index contributed by atoms with van der Waals surface area (Å²) < 4.78 is 51.9. The van der Waals surface area contributed by atoms with Gasteiger partial charge in [-0.15, -0.1) is 0 Å². The molecule has 0 spiro atoms. The van der Waals surface area contributed by atoms with Crippen LogP contribution in [0, 0.1) is 17.5 Å². The number of ether oxygens (including phenoxy) is 2. The Balaban J connectivity index is 1.83. The Morgan fingerprint density at radius 3 is 2.44 bits per heavy atom. The van der Waals surface area contributed by atoms with Crippen LogP contribution in [0.4, 0.5) is 23.7 Å². The Bertz CT molecular complexity index is 1170. The van der Waals surface area contributed by atoms with Crippen LogP contribution in [0.3, 0.4) is 0 Å². The average Bonchev–Trinajstić information content (AvgIpc) is 2.93. The number of alkyl carbamates (subject to hydrolysis) is 1. The van der Waals surface area contributed by atoms with E-state index in [0.29, 0.717) is 29.1 Å². The number of nitrogens with zero attached hydrogens (tertiary/aromatic N) is 1. The number of methoxy groups -OCH3 is 1. The van der Waals surface area contributed by atoms with Gasteiger partial charge in [-0.1, -0.05) is 0 Å². The van der Waals surface area contributed by atoms with Gasteiger partial charge in [0.2, 0.25) is 11.8 Å². The summed E-state index contributed by atoms with van der Waals surface area (Å²) in [6.45, 7) is 4.74. The lowest BCUT2D eigenvalue weighted by molar-refractivity contribution is -0.135.